The van der Waals surface area contributed by atoms with Crippen LogP contribution < -0.4 is 5.32 Å². The van der Waals surface area contributed by atoms with E-state index in [4.69, 9.17) is 19.6 Å². The number of aromatic nitrogens is 4. The molecule has 2 fully saturated rings. The van der Waals surface area contributed by atoms with Crippen LogP contribution in [-0.2, 0) is 24.1 Å². The summed E-state index contributed by atoms with van der Waals surface area (Å²) in [4.78, 5) is 73.4. The number of rotatable bonds is 11. The average molecular weight is 771 g/mol. The Bertz CT molecular complexity index is 2290. The number of hydrogen-bond donors (Lipinski definition) is 3. The van der Waals surface area contributed by atoms with Crippen LogP contribution in [0.2, 0.25) is 0 Å². The van der Waals surface area contributed by atoms with Crippen LogP contribution in [0.4, 0.5) is 4.79 Å². The van der Waals surface area contributed by atoms with Gasteiger partial charge in [0.15, 0.2) is 6.04 Å². The van der Waals surface area contributed by atoms with Crippen molar-refractivity contribution >= 4 is 35.3 Å². The monoisotopic (exact) mass is 770 g/mol. The van der Waals surface area contributed by atoms with Crippen LogP contribution in [0.15, 0.2) is 84.0 Å². The number of fused-ring (bicyclic) bond motifs is 1. The maximum Gasteiger partial charge on any atom is 0.407 e. The summed E-state index contributed by atoms with van der Waals surface area (Å²) in [5, 5.41) is 2.69. The number of carbonyl (C=O) groups is 3. The Labute approximate surface area is 331 Å². The first kappa shape index (κ1) is 38.8. The predicted octanol–water partition coefficient (Wildman–Crippen LogP) is 6.41. The summed E-state index contributed by atoms with van der Waals surface area (Å²) in [6.45, 7) is 4.98. The average Bonchev–Trinajstić information content (AvgIpc) is 4.07. The van der Waals surface area contributed by atoms with Gasteiger partial charge >= 0.3 is 6.09 Å². The number of imidazole rings is 2. The number of ether oxygens (including phenoxy) is 1. The minimum Gasteiger partial charge on any atom is -0.453 e. The van der Waals surface area contributed by atoms with Gasteiger partial charge in [-0.2, -0.15) is 4.89 Å². The Hall–Kier alpha value is -6.46. The van der Waals surface area contributed by atoms with Gasteiger partial charge in [0.05, 0.1) is 43.0 Å². The first-order chi connectivity index (χ1) is 27.7. The number of alkyl carbamates (subject to hydrolysis) is 1. The number of carbonyl (C=O) groups excluding carboxylic acids is 3. The van der Waals surface area contributed by atoms with Gasteiger partial charge in [0.2, 0.25) is 12.3 Å². The van der Waals surface area contributed by atoms with Crippen molar-refractivity contribution in [3.05, 3.63) is 107 Å². The molecule has 57 heavy (non-hydrogen) atoms. The molecule has 3 amide bonds. The number of likely N-dealkylation sites (tertiary alicyclic amines) is 2. The Morgan fingerprint density at radius 3 is 2.26 bits per heavy atom. The number of nitrogens with zero attached hydrogens (tertiary/aromatic N) is 5. The van der Waals surface area contributed by atoms with Gasteiger partial charge in [0.1, 0.15) is 17.7 Å². The second kappa shape index (κ2) is 17.6. The van der Waals surface area contributed by atoms with E-state index in [2.05, 4.69) is 37.0 Å². The maximum atomic E-state index is 13.9. The van der Waals surface area contributed by atoms with E-state index in [1.54, 1.807) is 4.90 Å². The molecule has 2 aliphatic heterocycles. The molecule has 2 aromatic heterocycles. The van der Waals surface area contributed by atoms with Crippen LogP contribution in [0.3, 0.4) is 0 Å². The lowest BCUT2D eigenvalue weighted by molar-refractivity contribution is -0.188. The van der Waals surface area contributed by atoms with Crippen molar-refractivity contribution < 1.29 is 28.9 Å². The second-order valence-electron chi connectivity index (χ2n) is 14.4. The molecule has 4 atom stereocenters. The van der Waals surface area contributed by atoms with Crippen LogP contribution in [0, 0.1) is 17.8 Å². The Morgan fingerprint density at radius 1 is 0.877 bits per heavy atom. The van der Waals surface area contributed by atoms with Crippen molar-refractivity contribution in [3.8, 4) is 23.1 Å². The molecule has 14 heteroatoms. The summed E-state index contributed by atoms with van der Waals surface area (Å²) >= 11 is 0. The van der Waals surface area contributed by atoms with E-state index in [1.807, 2.05) is 97.7 Å². The minimum atomic E-state index is -0.777. The van der Waals surface area contributed by atoms with Gasteiger partial charge in [-0.3, -0.25) is 9.59 Å². The normalized spacial score (nSPS) is 17.8. The van der Waals surface area contributed by atoms with E-state index in [0.717, 1.165) is 76.9 Å². The SMILES string of the molecule is COO/C=N\[C@H](C(=O)N1CCC[C@H]1c1nc2cc(C#Cc3ccc(-c4c[nH]c([C@@H]5CCCN5C(=O)[C@@H](NC(=O)OC)C(C)C)n4)cc3)ccc2[nH]1)c1ccccc1. The van der Waals surface area contributed by atoms with Crippen molar-refractivity contribution in [2.75, 3.05) is 27.3 Å². The zero-order chi connectivity index (χ0) is 39.9. The van der Waals surface area contributed by atoms with Crippen LogP contribution >= 0.6 is 0 Å². The summed E-state index contributed by atoms with van der Waals surface area (Å²) in [6, 6.07) is 21.2. The number of aromatic amines is 2. The van der Waals surface area contributed by atoms with Crippen molar-refractivity contribution in [2.24, 2.45) is 10.9 Å². The standard InChI is InChI=1S/C43H46N8O6/c1-27(2)37(49-43(54)55-3)41(52)50-22-8-12-35(50)39-44-25-34(48-39)30-19-16-28(17-20-30)14-15-29-18-21-32-33(24-29)47-40(46-32)36-13-9-23-51(36)42(53)38(45-26-57-56-4)31-10-6-5-7-11-31/h5-7,10-11,16-21,24-27,35-38H,8-9,12-13,22-23H2,1-4H3,(H,44,48)(H,46,47)(H,49,54)/b45-26-/t35-,36-,37-,38-/m0/s1. The molecule has 0 saturated carbocycles. The molecule has 2 saturated heterocycles. The molecular weight excluding hydrogens is 725 g/mol. The summed E-state index contributed by atoms with van der Waals surface area (Å²) in [6.07, 6.45) is 5.62. The Morgan fingerprint density at radius 2 is 1.56 bits per heavy atom. The number of benzene rings is 3. The molecule has 14 nitrogen and oxygen atoms in total. The number of amides is 3. The third kappa shape index (κ3) is 8.69. The molecule has 0 spiro atoms. The number of nitrogens with one attached hydrogen (secondary N) is 3. The number of hydrogen-bond acceptors (Lipinski definition) is 9. The summed E-state index contributed by atoms with van der Waals surface area (Å²) in [5.74, 6) is 7.57. The van der Waals surface area contributed by atoms with Gasteiger partial charge in [-0.05, 0) is 67.5 Å². The highest BCUT2D eigenvalue weighted by atomic mass is 17.2. The van der Waals surface area contributed by atoms with Gasteiger partial charge in [-0.1, -0.05) is 68.2 Å². The van der Waals surface area contributed by atoms with E-state index in [0.29, 0.717) is 18.9 Å². The summed E-state index contributed by atoms with van der Waals surface area (Å²) in [7, 11) is 2.67. The summed E-state index contributed by atoms with van der Waals surface area (Å²) < 4.78 is 4.75. The third-order valence-electron chi connectivity index (χ3n) is 10.4. The fourth-order valence-electron chi connectivity index (χ4n) is 7.51. The number of H-pyrrole nitrogens is 2. The van der Waals surface area contributed by atoms with Crippen molar-refractivity contribution in [3.63, 3.8) is 0 Å². The molecule has 4 heterocycles. The largest absolute Gasteiger partial charge is 0.453 e. The van der Waals surface area contributed by atoms with Crippen molar-refractivity contribution in [1.29, 1.82) is 0 Å². The zero-order valence-corrected chi connectivity index (χ0v) is 32.4. The third-order valence-corrected chi connectivity index (χ3v) is 10.4. The quantitative estimate of drug-likeness (QED) is 0.0456. The van der Waals surface area contributed by atoms with E-state index < -0.39 is 18.2 Å². The molecule has 3 N–H and O–H groups in total. The van der Waals surface area contributed by atoms with Crippen molar-refractivity contribution in [1.82, 2.24) is 35.1 Å². The number of aliphatic imine (C=N–C) groups is 1. The molecule has 7 rings (SSSR count). The molecular formula is C43H46N8O6. The van der Waals surface area contributed by atoms with Gasteiger partial charge in [-0.15, -0.1) is 0 Å². The van der Waals surface area contributed by atoms with E-state index in [9.17, 15) is 14.4 Å². The highest BCUT2D eigenvalue weighted by Crippen LogP contribution is 2.35. The molecule has 0 radical (unpaired) electrons. The van der Waals surface area contributed by atoms with Gasteiger partial charge in [-0.25, -0.2) is 19.8 Å². The van der Waals surface area contributed by atoms with Crippen LogP contribution in [0.5, 0.6) is 0 Å². The topological polar surface area (TPSA) is 167 Å². The molecule has 0 unspecified atom stereocenters. The summed E-state index contributed by atoms with van der Waals surface area (Å²) in [5.41, 5.74) is 5.74. The predicted molar refractivity (Wildman–Crippen MR) is 213 cm³/mol. The van der Waals surface area contributed by atoms with Gasteiger partial charge in [0, 0.05) is 36.0 Å². The van der Waals surface area contributed by atoms with Crippen LogP contribution in [0.1, 0.15) is 86.0 Å². The lowest BCUT2D eigenvalue weighted by Crippen LogP contribution is -2.51. The lowest BCUT2D eigenvalue weighted by atomic mass is 10.0. The minimum absolute atomic E-state index is 0.109. The fraction of sp³-hybridized carbons (Fsp3) is 0.349. The van der Waals surface area contributed by atoms with Crippen LogP contribution in [0.25, 0.3) is 22.3 Å². The van der Waals surface area contributed by atoms with Gasteiger partial charge in [0.25, 0.3) is 5.91 Å². The maximum absolute atomic E-state index is 13.9. The Balaban J connectivity index is 1.02. The van der Waals surface area contributed by atoms with E-state index >= 15 is 0 Å². The molecule has 3 aromatic carbocycles. The van der Waals surface area contributed by atoms with E-state index in [-0.39, 0.29) is 29.8 Å². The highest BCUT2D eigenvalue weighted by molar-refractivity contribution is 5.87. The first-order valence-electron chi connectivity index (χ1n) is 19.1. The Kier molecular flexibility index (Phi) is 12.0. The molecule has 294 valence electrons. The smallest absolute Gasteiger partial charge is 0.407 e. The fourth-order valence-corrected chi connectivity index (χ4v) is 7.51. The van der Waals surface area contributed by atoms with Crippen LogP contribution in [-0.4, -0.2) is 87.4 Å². The van der Waals surface area contributed by atoms with E-state index in [1.165, 1.54) is 14.2 Å². The molecule has 0 bridgehead atoms. The second-order valence-corrected chi connectivity index (χ2v) is 14.4. The number of methoxy groups -OCH3 is 1. The molecule has 5 aromatic rings. The highest BCUT2D eigenvalue weighted by Gasteiger charge is 2.38. The molecule has 2 aliphatic rings. The molecule has 0 aliphatic carbocycles. The van der Waals surface area contributed by atoms with Crippen molar-refractivity contribution in [2.45, 2.75) is 63.7 Å². The first-order valence-corrected chi connectivity index (χ1v) is 19.1. The van der Waals surface area contributed by atoms with Gasteiger partial charge < -0.3 is 34.7 Å². The lowest BCUT2D eigenvalue weighted by Gasteiger charge is -2.29. The zero-order valence-electron chi connectivity index (χ0n) is 32.4.